The lowest BCUT2D eigenvalue weighted by Crippen LogP contribution is -2.35. The smallest absolute Gasteiger partial charge is 0.122 e. The number of furan rings is 1. The molecule has 0 fully saturated rings. The average molecular weight is 280 g/mol. The van der Waals surface area contributed by atoms with Crippen LogP contribution in [0.15, 0.2) is 16.7 Å². The number of hydrogen-bond donors (Lipinski definition) is 1. The molecule has 1 aromatic rings. The summed E-state index contributed by atoms with van der Waals surface area (Å²) in [5.41, 5.74) is 1.40. The predicted octanol–water partition coefficient (Wildman–Crippen LogP) is 4.03. The highest BCUT2D eigenvalue weighted by Gasteiger charge is 2.16. The maximum absolute atomic E-state index is 5.63. The van der Waals surface area contributed by atoms with Crippen LogP contribution < -0.4 is 5.32 Å². The Morgan fingerprint density at radius 2 is 1.90 bits per heavy atom. The van der Waals surface area contributed by atoms with E-state index in [1.807, 2.05) is 0 Å². The van der Waals surface area contributed by atoms with Crippen LogP contribution in [0.5, 0.6) is 0 Å². The van der Waals surface area contributed by atoms with Gasteiger partial charge in [-0.3, -0.25) is 4.90 Å². The molecule has 0 aliphatic rings. The molecule has 0 aliphatic carbocycles. The van der Waals surface area contributed by atoms with Gasteiger partial charge in [-0.15, -0.1) is 0 Å². The number of rotatable bonds is 7. The second kappa shape index (κ2) is 7.28. The van der Waals surface area contributed by atoms with Gasteiger partial charge in [0, 0.05) is 23.7 Å². The van der Waals surface area contributed by atoms with Crippen molar-refractivity contribution < 1.29 is 4.42 Å². The van der Waals surface area contributed by atoms with Crippen LogP contribution in [0.2, 0.25) is 0 Å². The first-order valence-electron chi connectivity index (χ1n) is 7.69. The summed E-state index contributed by atoms with van der Waals surface area (Å²) in [6.07, 6.45) is 3.03. The third kappa shape index (κ3) is 6.10. The molecular formula is C17H32N2O. The Morgan fingerprint density at radius 1 is 1.25 bits per heavy atom. The Balaban J connectivity index is 2.58. The standard InChI is InChI=1S/C17H32N2O/c1-13(2)10-14(3)19(7)12-15-8-9-20-16(15)11-18-17(4,5)6/h8-9,13-14,18H,10-12H2,1-7H3. The summed E-state index contributed by atoms with van der Waals surface area (Å²) < 4.78 is 5.63. The summed E-state index contributed by atoms with van der Waals surface area (Å²) in [7, 11) is 2.20. The minimum atomic E-state index is 0.112. The van der Waals surface area contributed by atoms with Gasteiger partial charge in [0.25, 0.3) is 0 Å². The highest BCUT2D eigenvalue weighted by Crippen LogP contribution is 2.17. The molecule has 0 radical (unpaired) electrons. The molecule has 0 aliphatic heterocycles. The van der Waals surface area contributed by atoms with E-state index < -0.39 is 0 Å². The summed E-state index contributed by atoms with van der Waals surface area (Å²) in [6.45, 7) is 15.1. The van der Waals surface area contributed by atoms with E-state index in [9.17, 15) is 0 Å². The highest BCUT2D eigenvalue weighted by atomic mass is 16.3. The van der Waals surface area contributed by atoms with Crippen molar-refractivity contribution in [3.63, 3.8) is 0 Å². The van der Waals surface area contributed by atoms with Crippen molar-refractivity contribution in [1.29, 1.82) is 0 Å². The summed E-state index contributed by atoms with van der Waals surface area (Å²) in [4.78, 5) is 2.41. The Morgan fingerprint density at radius 3 is 2.45 bits per heavy atom. The SMILES string of the molecule is CC(C)CC(C)N(C)Cc1ccoc1CNC(C)(C)C. The zero-order valence-corrected chi connectivity index (χ0v) is 14.3. The second-order valence-corrected chi connectivity index (χ2v) is 7.37. The number of nitrogens with zero attached hydrogens (tertiary/aromatic N) is 1. The molecular weight excluding hydrogens is 248 g/mol. The quantitative estimate of drug-likeness (QED) is 0.817. The van der Waals surface area contributed by atoms with E-state index in [2.05, 4.69) is 64.9 Å². The van der Waals surface area contributed by atoms with Crippen molar-refractivity contribution in [3.8, 4) is 0 Å². The van der Waals surface area contributed by atoms with Gasteiger partial charge in [-0.1, -0.05) is 13.8 Å². The lowest BCUT2D eigenvalue weighted by atomic mass is 10.0. The summed E-state index contributed by atoms with van der Waals surface area (Å²) in [5.74, 6) is 1.79. The van der Waals surface area contributed by atoms with Crippen LogP contribution in [-0.4, -0.2) is 23.5 Å². The van der Waals surface area contributed by atoms with Crippen LogP contribution >= 0.6 is 0 Å². The molecule has 116 valence electrons. The molecule has 0 saturated heterocycles. The molecule has 3 heteroatoms. The molecule has 0 saturated carbocycles. The van der Waals surface area contributed by atoms with Gasteiger partial charge in [0.2, 0.25) is 0 Å². The van der Waals surface area contributed by atoms with Crippen LogP contribution in [0.25, 0.3) is 0 Å². The van der Waals surface area contributed by atoms with Crippen molar-refractivity contribution >= 4 is 0 Å². The Hall–Kier alpha value is -0.800. The van der Waals surface area contributed by atoms with E-state index in [0.717, 1.165) is 24.8 Å². The van der Waals surface area contributed by atoms with Crippen molar-refractivity contribution in [2.45, 2.75) is 72.6 Å². The van der Waals surface area contributed by atoms with Gasteiger partial charge < -0.3 is 9.73 Å². The van der Waals surface area contributed by atoms with E-state index in [1.54, 1.807) is 6.26 Å². The van der Waals surface area contributed by atoms with Crippen molar-refractivity contribution in [1.82, 2.24) is 10.2 Å². The van der Waals surface area contributed by atoms with Crippen LogP contribution in [0.4, 0.5) is 0 Å². The summed E-state index contributed by atoms with van der Waals surface area (Å²) in [6, 6.07) is 2.69. The number of hydrogen-bond acceptors (Lipinski definition) is 3. The lowest BCUT2D eigenvalue weighted by molar-refractivity contribution is 0.218. The molecule has 1 unspecified atom stereocenters. The highest BCUT2D eigenvalue weighted by molar-refractivity contribution is 5.17. The first kappa shape index (κ1) is 17.3. The molecule has 0 spiro atoms. The fourth-order valence-corrected chi connectivity index (χ4v) is 2.30. The minimum absolute atomic E-state index is 0.112. The zero-order valence-electron chi connectivity index (χ0n) is 14.3. The third-order valence-corrected chi connectivity index (χ3v) is 3.60. The maximum atomic E-state index is 5.63. The van der Waals surface area contributed by atoms with Gasteiger partial charge in [-0.25, -0.2) is 0 Å². The fourth-order valence-electron chi connectivity index (χ4n) is 2.30. The van der Waals surface area contributed by atoms with Crippen molar-refractivity contribution in [2.75, 3.05) is 7.05 Å². The van der Waals surface area contributed by atoms with E-state index in [-0.39, 0.29) is 5.54 Å². The Bertz CT molecular complexity index is 390. The summed E-state index contributed by atoms with van der Waals surface area (Å²) >= 11 is 0. The van der Waals surface area contributed by atoms with Crippen LogP contribution in [0.3, 0.4) is 0 Å². The topological polar surface area (TPSA) is 28.4 Å². The fraction of sp³-hybridized carbons (Fsp3) is 0.765. The number of nitrogens with one attached hydrogen (secondary N) is 1. The lowest BCUT2D eigenvalue weighted by Gasteiger charge is -2.26. The van der Waals surface area contributed by atoms with Crippen LogP contribution in [-0.2, 0) is 13.1 Å². The van der Waals surface area contributed by atoms with E-state index in [1.165, 1.54) is 12.0 Å². The van der Waals surface area contributed by atoms with Gasteiger partial charge in [-0.2, -0.15) is 0 Å². The van der Waals surface area contributed by atoms with E-state index in [4.69, 9.17) is 4.42 Å². The average Bonchev–Trinajstić information content (AvgIpc) is 2.71. The van der Waals surface area contributed by atoms with Gasteiger partial charge in [0.15, 0.2) is 0 Å². The van der Waals surface area contributed by atoms with Gasteiger partial charge in [-0.05, 0) is 53.1 Å². The van der Waals surface area contributed by atoms with Gasteiger partial charge in [0.05, 0.1) is 12.8 Å². The molecule has 1 heterocycles. The minimum Gasteiger partial charge on any atom is -0.468 e. The second-order valence-electron chi connectivity index (χ2n) is 7.37. The normalized spacial score (nSPS) is 14.2. The maximum Gasteiger partial charge on any atom is 0.122 e. The molecule has 1 rings (SSSR count). The van der Waals surface area contributed by atoms with Crippen molar-refractivity contribution in [2.24, 2.45) is 5.92 Å². The predicted molar refractivity (Wildman–Crippen MR) is 85.7 cm³/mol. The first-order chi connectivity index (χ1) is 9.19. The largest absolute Gasteiger partial charge is 0.468 e. The Kier molecular flexibility index (Phi) is 6.28. The molecule has 1 atom stereocenters. The monoisotopic (exact) mass is 280 g/mol. The molecule has 1 aromatic heterocycles. The van der Waals surface area contributed by atoms with Gasteiger partial charge >= 0.3 is 0 Å². The Labute approximate surface area is 124 Å². The summed E-state index contributed by atoms with van der Waals surface area (Å²) in [5, 5.41) is 3.49. The molecule has 1 N–H and O–H groups in total. The van der Waals surface area contributed by atoms with E-state index >= 15 is 0 Å². The van der Waals surface area contributed by atoms with Crippen LogP contribution in [0, 0.1) is 5.92 Å². The molecule has 20 heavy (non-hydrogen) atoms. The molecule has 3 nitrogen and oxygen atoms in total. The molecule has 0 aromatic carbocycles. The molecule has 0 amide bonds. The third-order valence-electron chi connectivity index (χ3n) is 3.60. The van der Waals surface area contributed by atoms with E-state index in [0.29, 0.717) is 6.04 Å². The van der Waals surface area contributed by atoms with Crippen molar-refractivity contribution in [3.05, 3.63) is 23.7 Å². The van der Waals surface area contributed by atoms with Crippen LogP contribution in [0.1, 0.15) is 59.3 Å². The van der Waals surface area contributed by atoms with Gasteiger partial charge in [0.1, 0.15) is 5.76 Å². The molecule has 0 bridgehead atoms. The first-order valence-corrected chi connectivity index (χ1v) is 7.69. The zero-order chi connectivity index (χ0) is 15.3.